The summed E-state index contributed by atoms with van der Waals surface area (Å²) in [6.45, 7) is 0.480. The van der Waals surface area contributed by atoms with Crippen molar-refractivity contribution >= 4 is 5.91 Å². The standard InChI is InChI=1S/C23H23NO7/c1-27-12-5-3-11(4-6-12)9-24-14-8-16-20(31-16)19(25)17(14)13-7-15-21(30-10-29-15)22(28-2)18(13)23(24)26/h3-7,14,16-17,19-20,25H,8-10H2,1-2H3/t14-,16+,17+,19-,20+/m0/s1. The van der Waals surface area contributed by atoms with Crippen LogP contribution in [0.25, 0.3) is 0 Å². The van der Waals surface area contributed by atoms with Crippen LogP contribution in [0.2, 0.25) is 0 Å². The molecule has 2 aromatic rings. The van der Waals surface area contributed by atoms with Crippen LogP contribution in [0.15, 0.2) is 30.3 Å². The molecule has 1 aliphatic carbocycles. The van der Waals surface area contributed by atoms with Gasteiger partial charge >= 0.3 is 0 Å². The second-order valence-electron chi connectivity index (χ2n) is 8.35. The minimum Gasteiger partial charge on any atom is -0.497 e. The zero-order chi connectivity index (χ0) is 21.3. The van der Waals surface area contributed by atoms with E-state index < -0.39 is 6.10 Å². The van der Waals surface area contributed by atoms with E-state index in [1.807, 2.05) is 35.2 Å². The number of hydrogen-bond acceptors (Lipinski definition) is 7. The van der Waals surface area contributed by atoms with Crippen LogP contribution >= 0.6 is 0 Å². The highest BCUT2D eigenvalue weighted by molar-refractivity contribution is 6.01. The molecule has 0 aromatic heterocycles. The van der Waals surface area contributed by atoms with Crippen molar-refractivity contribution in [3.63, 3.8) is 0 Å². The van der Waals surface area contributed by atoms with E-state index in [9.17, 15) is 9.90 Å². The molecule has 31 heavy (non-hydrogen) atoms. The van der Waals surface area contributed by atoms with Crippen LogP contribution in [-0.4, -0.2) is 61.3 Å². The van der Waals surface area contributed by atoms with E-state index in [1.165, 1.54) is 7.11 Å². The Morgan fingerprint density at radius 1 is 1.16 bits per heavy atom. The zero-order valence-corrected chi connectivity index (χ0v) is 17.2. The van der Waals surface area contributed by atoms with E-state index >= 15 is 0 Å². The molecule has 1 amide bonds. The Morgan fingerprint density at radius 3 is 2.71 bits per heavy atom. The quantitative estimate of drug-likeness (QED) is 0.750. The predicted molar refractivity (Wildman–Crippen MR) is 108 cm³/mol. The summed E-state index contributed by atoms with van der Waals surface area (Å²) in [7, 11) is 3.14. The molecule has 0 unspecified atom stereocenters. The van der Waals surface area contributed by atoms with Gasteiger partial charge in [0.25, 0.3) is 5.91 Å². The molecule has 6 rings (SSSR count). The van der Waals surface area contributed by atoms with Gasteiger partial charge in [0.1, 0.15) is 11.9 Å². The third kappa shape index (κ3) is 2.71. The molecule has 3 aliphatic heterocycles. The first-order valence-corrected chi connectivity index (χ1v) is 10.4. The minimum absolute atomic E-state index is 0.0140. The lowest BCUT2D eigenvalue weighted by Gasteiger charge is -2.45. The summed E-state index contributed by atoms with van der Waals surface area (Å²) in [6.07, 6.45) is -0.231. The number of fused-ring (bicyclic) bond motifs is 5. The maximum absolute atomic E-state index is 13.8. The van der Waals surface area contributed by atoms with Crippen molar-refractivity contribution in [3.8, 4) is 23.0 Å². The van der Waals surface area contributed by atoms with Crippen molar-refractivity contribution in [1.82, 2.24) is 4.90 Å². The Hall–Kier alpha value is -2.97. The number of nitrogens with zero attached hydrogens (tertiary/aromatic N) is 1. The van der Waals surface area contributed by atoms with Crippen molar-refractivity contribution in [1.29, 1.82) is 0 Å². The van der Waals surface area contributed by atoms with E-state index in [2.05, 4.69) is 0 Å². The van der Waals surface area contributed by atoms with Crippen LogP contribution in [0, 0.1) is 0 Å². The first kappa shape index (κ1) is 18.8. The molecule has 8 nitrogen and oxygen atoms in total. The lowest BCUT2D eigenvalue weighted by atomic mass is 9.72. The molecule has 1 N–H and O–H groups in total. The van der Waals surface area contributed by atoms with Crippen molar-refractivity contribution in [3.05, 3.63) is 47.0 Å². The Morgan fingerprint density at radius 2 is 1.97 bits per heavy atom. The average Bonchev–Trinajstić information content (AvgIpc) is 3.43. The predicted octanol–water partition coefficient (Wildman–Crippen LogP) is 2.07. The Labute approximate surface area is 179 Å². The van der Waals surface area contributed by atoms with E-state index in [0.29, 0.717) is 35.8 Å². The van der Waals surface area contributed by atoms with Crippen LogP contribution in [-0.2, 0) is 11.3 Å². The minimum atomic E-state index is -0.709. The maximum atomic E-state index is 13.8. The van der Waals surface area contributed by atoms with Gasteiger partial charge in [-0.2, -0.15) is 0 Å². The lowest BCUT2D eigenvalue weighted by molar-refractivity contribution is 0.0273. The van der Waals surface area contributed by atoms with E-state index in [-0.39, 0.29) is 36.9 Å². The van der Waals surface area contributed by atoms with E-state index in [1.54, 1.807) is 7.11 Å². The molecule has 4 aliphatic rings. The Balaban J connectivity index is 1.47. The monoisotopic (exact) mass is 425 g/mol. The van der Waals surface area contributed by atoms with Gasteiger partial charge in [-0.25, -0.2) is 0 Å². The number of rotatable bonds is 4. The fourth-order valence-electron chi connectivity index (χ4n) is 5.30. The number of methoxy groups -OCH3 is 2. The van der Waals surface area contributed by atoms with Crippen molar-refractivity contribution in [2.45, 2.75) is 43.2 Å². The highest BCUT2D eigenvalue weighted by Gasteiger charge is 2.59. The first-order chi connectivity index (χ1) is 15.1. The summed E-state index contributed by atoms with van der Waals surface area (Å²) in [4.78, 5) is 15.6. The highest BCUT2D eigenvalue weighted by Crippen LogP contribution is 2.55. The van der Waals surface area contributed by atoms with Gasteiger partial charge < -0.3 is 33.7 Å². The zero-order valence-electron chi connectivity index (χ0n) is 17.2. The van der Waals surface area contributed by atoms with Crippen LogP contribution in [0.3, 0.4) is 0 Å². The number of ether oxygens (including phenoxy) is 5. The highest BCUT2D eigenvalue weighted by atomic mass is 16.7. The number of hydrogen-bond donors (Lipinski definition) is 1. The number of carbonyl (C=O) groups is 1. The molecular weight excluding hydrogens is 402 g/mol. The molecule has 2 aromatic carbocycles. The van der Waals surface area contributed by atoms with Crippen molar-refractivity contribution in [2.24, 2.45) is 0 Å². The third-order valence-electron chi connectivity index (χ3n) is 6.81. The molecule has 8 heteroatoms. The molecule has 0 spiro atoms. The largest absolute Gasteiger partial charge is 0.497 e. The van der Waals surface area contributed by atoms with Gasteiger partial charge in [-0.1, -0.05) is 12.1 Å². The summed E-state index contributed by atoms with van der Waals surface area (Å²) in [5, 5.41) is 11.1. The number of aliphatic hydroxyl groups is 1. The SMILES string of the molecule is COc1ccc(CN2C(=O)c3c(cc4c(c3OC)OCO4)[C@H]3[C@H](O)[C@@H]4O[C@@H]4C[C@@H]32)cc1. The van der Waals surface area contributed by atoms with Crippen LogP contribution in [0.1, 0.15) is 33.8 Å². The molecule has 162 valence electrons. The van der Waals surface area contributed by atoms with Gasteiger partial charge in [-0.05, 0) is 35.7 Å². The summed E-state index contributed by atoms with van der Waals surface area (Å²) < 4.78 is 27.8. The van der Waals surface area contributed by atoms with Gasteiger partial charge in [0.2, 0.25) is 12.5 Å². The third-order valence-corrected chi connectivity index (χ3v) is 6.81. The van der Waals surface area contributed by atoms with Crippen LogP contribution in [0.5, 0.6) is 23.0 Å². The molecule has 1 saturated carbocycles. The number of benzene rings is 2. The van der Waals surface area contributed by atoms with Gasteiger partial charge in [0.15, 0.2) is 11.5 Å². The average molecular weight is 425 g/mol. The molecule has 3 heterocycles. The molecule has 2 fully saturated rings. The molecule has 1 saturated heterocycles. The van der Waals surface area contributed by atoms with Crippen molar-refractivity contribution in [2.75, 3.05) is 21.0 Å². The van der Waals surface area contributed by atoms with Crippen LogP contribution in [0.4, 0.5) is 0 Å². The fraction of sp³-hybridized carbons (Fsp3) is 0.435. The smallest absolute Gasteiger partial charge is 0.258 e. The van der Waals surface area contributed by atoms with Gasteiger partial charge in [0.05, 0.1) is 32.0 Å². The second kappa shape index (κ2) is 6.77. The number of aliphatic hydroxyl groups excluding tert-OH is 1. The molecular formula is C23H23NO7. The number of carbonyl (C=O) groups excluding carboxylic acids is 1. The summed E-state index contributed by atoms with van der Waals surface area (Å²) in [5.74, 6) is 1.65. The summed E-state index contributed by atoms with van der Waals surface area (Å²) >= 11 is 0. The van der Waals surface area contributed by atoms with Gasteiger partial charge in [-0.3, -0.25) is 4.79 Å². The molecule has 0 bridgehead atoms. The topological polar surface area (TPSA) is 90.0 Å². The lowest BCUT2D eigenvalue weighted by Crippen LogP contribution is -2.54. The second-order valence-corrected chi connectivity index (χ2v) is 8.35. The molecule has 0 radical (unpaired) electrons. The summed E-state index contributed by atoms with van der Waals surface area (Å²) in [6, 6.07) is 9.29. The van der Waals surface area contributed by atoms with Gasteiger partial charge in [0, 0.05) is 18.5 Å². The van der Waals surface area contributed by atoms with E-state index in [0.717, 1.165) is 16.9 Å². The first-order valence-electron chi connectivity index (χ1n) is 10.4. The molecule has 5 atom stereocenters. The van der Waals surface area contributed by atoms with Crippen LogP contribution < -0.4 is 18.9 Å². The normalized spacial score (nSPS) is 29.7. The fourth-order valence-corrected chi connectivity index (χ4v) is 5.30. The number of epoxide rings is 1. The van der Waals surface area contributed by atoms with Gasteiger partial charge in [-0.15, -0.1) is 0 Å². The summed E-state index contributed by atoms with van der Waals surface area (Å²) in [5.41, 5.74) is 2.15. The number of amides is 1. The Bertz CT molecular complexity index is 1050. The van der Waals surface area contributed by atoms with E-state index in [4.69, 9.17) is 23.7 Å². The maximum Gasteiger partial charge on any atom is 0.258 e. The Kier molecular flexibility index (Phi) is 4.10. The van der Waals surface area contributed by atoms with Crippen molar-refractivity contribution < 1.29 is 33.6 Å².